The van der Waals surface area contributed by atoms with E-state index in [1.165, 1.54) is 25.7 Å². The molecule has 0 aromatic carbocycles. The zero-order valence-electron chi connectivity index (χ0n) is 6.03. The van der Waals surface area contributed by atoms with Crippen molar-refractivity contribution in [3.8, 4) is 0 Å². The van der Waals surface area contributed by atoms with E-state index in [0.29, 0.717) is 0 Å². The topological polar surface area (TPSA) is 24.7 Å². The molecule has 0 atom stereocenters. The molecule has 2 nitrogen and oxygen atoms in total. The van der Waals surface area contributed by atoms with Gasteiger partial charge in [0.1, 0.15) is 0 Å². The van der Waals surface area contributed by atoms with Crippen LogP contribution in [0.1, 0.15) is 25.7 Å². The molecule has 0 bridgehead atoms. The molecular formula is C8H12N2. The Bertz CT molecular complexity index is 144. The van der Waals surface area contributed by atoms with E-state index >= 15 is 0 Å². The third-order valence-electron chi connectivity index (χ3n) is 1.87. The van der Waals surface area contributed by atoms with Gasteiger partial charge in [-0.25, -0.2) is 0 Å². The maximum atomic E-state index is 3.96. The number of hydrogen-bond donors (Lipinski definition) is 0. The molecule has 0 heterocycles. The lowest BCUT2D eigenvalue weighted by atomic mass is 10.5. The van der Waals surface area contributed by atoms with Crippen molar-refractivity contribution in [1.29, 1.82) is 0 Å². The van der Waals surface area contributed by atoms with Crippen molar-refractivity contribution in [3.05, 3.63) is 0 Å². The molecule has 10 heavy (non-hydrogen) atoms. The van der Waals surface area contributed by atoms with Crippen molar-refractivity contribution >= 4 is 12.4 Å². The summed E-state index contributed by atoms with van der Waals surface area (Å²) in [4.78, 5) is 0. The molecule has 0 unspecified atom stereocenters. The highest BCUT2D eigenvalue weighted by atomic mass is 15.2. The fraction of sp³-hybridized carbons (Fsp3) is 0.750. The minimum atomic E-state index is 0.761. The summed E-state index contributed by atoms with van der Waals surface area (Å²) in [5.41, 5.74) is 0. The third kappa shape index (κ3) is 1.94. The van der Waals surface area contributed by atoms with Gasteiger partial charge in [0.05, 0.1) is 0 Å². The van der Waals surface area contributed by atoms with Crippen LogP contribution in [0.2, 0.25) is 0 Å². The predicted octanol–water partition coefficient (Wildman–Crippen LogP) is 1.86. The van der Waals surface area contributed by atoms with E-state index in [9.17, 15) is 0 Å². The summed E-state index contributed by atoms with van der Waals surface area (Å²) in [5, 5.41) is 7.92. The van der Waals surface area contributed by atoms with Gasteiger partial charge >= 0.3 is 0 Å². The first-order chi connectivity index (χ1) is 4.95. The van der Waals surface area contributed by atoms with Crippen molar-refractivity contribution in [2.75, 3.05) is 0 Å². The summed E-state index contributed by atoms with van der Waals surface area (Å²) in [7, 11) is 0. The fourth-order valence-corrected chi connectivity index (χ4v) is 0.756. The first kappa shape index (κ1) is 6.08. The van der Waals surface area contributed by atoms with E-state index in [1.54, 1.807) is 0 Å². The maximum Gasteiger partial charge on any atom is 0.0301 e. The lowest BCUT2D eigenvalue weighted by molar-refractivity contribution is 1.13. The average Bonchev–Trinajstić information content (AvgIpc) is 2.77. The van der Waals surface area contributed by atoms with Crippen LogP contribution in [-0.4, -0.2) is 12.4 Å². The van der Waals surface area contributed by atoms with Crippen LogP contribution in [-0.2, 0) is 0 Å². The summed E-state index contributed by atoms with van der Waals surface area (Å²) in [6.45, 7) is 0. The first-order valence-corrected chi connectivity index (χ1v) is 4.02. The van der Waals surface area contributed by atoms with Gasteiger partial charge in [-0.05, 0) is 37.5 Å². The second kappa shape index (κ2) is 2.52. The van der Waals surface area contributed by atoms with Gasteiger partial charge in [-0.3, -0.25) is 0 Å². The van der Waals surface area contributed by atoms with Crippen LogP contribution in [0.3, 0.4) is 0 Å². The van der Waals surface area contributed by atoms with Gasteiger partial charge in [0.2, 0.25) is 0 Å². The Labute approximate surface area is 61.0 Å². The highest BCUT2D eigenvalue weighted by Gasteiger charge is 2.19. The third-order valence-corrected chi connectivity index (χ3v) is 1.87. The Hall–Kier alpha value is -0.660. The molecule has 0 aliphatic heterocycles. The molecule has 0 amide bonds. The van der Waals surface area contributed by atoms with Gasteiger partial charge in [-0.15, -0.1) is 0 Å². The van der Waals surface area contributed by atoms with E-state index in [1.807, 2.05) is 12.4 Å². The Morgan fingerprint density at radius 2 is 1.20 bits per heavy atom. The van der Waals surface area contributed by atoms with Gasteiger partial charge in [0, 0.05) is 12.4 Å². The largest absolute Gasteiger partial charge is 0.164 e. The first-order valence-electron chi connectivity index (χ1n) is 4.02. The molecule has 0 N–H and O–H groups in total. The summed E-state index contributed by atoms with van der Waals surface area (Å²) >= 11 is 0. The summed E-state index contributed by atoms with van der Waals surface area (Å²) in [6, 6.07) is 0. The smallest absolute Gasteiger partial charge is 0.0301 e. The van der Waals surface area contributed by atoms with Crippen LogP contribution < -0.4 is 0 Å². The number of nitrogens with zero attached hydrogens (tertiary/aromatic N) is 2. The Morgan fingerprint density at radius 3 is 1.50 bits per heavy atom. The summed E-state index contributed by atoms with van der Waals surface area (Å²) in [5.74, 6) is 1.52. The minimum absolute atomic E-state index is 0.761. The highest BCUT2D eigenvalue weighted by molar-refractivity contribution is 5.67. The van der Waals surface area contributed by atoms with E-state index < -0.39 is 0 Å². The van der Waals surface area contributed by atoms with Crippen molar-refractivity contribution in [3.63, 3.8) is 0 Å². The van der Waals surface area contributed by atoms with Gasteiger partial charge < -0.3 is 0 Å². The summed E-state index contributed by atoms with van der Waals surface area (Å²) in [6.07, 6.45) is 9.23. The molecule has 0 saturated heterocycles. The normalized spacial score (nSPS) is 26.8. The van der Waals surface area contributed by atoms with Crippen LogP contribution in [0.4, 0.5) is 0 Å². The molecule has 2 heteroatoms. The lowest BCUT2D eigenvalue weighted by Gasteiger charge is -1.77. The van der Waals surface area contributed by atoms with Crippen LogP contribution in [0.5, 0.6) is 0 Å². The molecule has 0 aromatic rings. The van der Waals surface area contributed by atoms with Crippen molar-refractivity contribution in [1.82, 2.24) is 0 Å². The average molecular weight is 136 g/mol. The molecule has 2 aliphatic rings. The number of rotatable bonds is 3. The highest BCUT2D eigenvalue weighted by Crippen LogP contribution is 2.27. The van der Waals surface area contributed by atoms with Gasteiger partial charge in [0.25, 0.3) is 0 Å². The molecule has 2 saturated carbocycles. The molecule has 2 aliphatic carbocycles. The van der Waals surface area contributed by atoms with Gasteiger partial charge in [0.15, 0.2) is 0 Å². The Kier molecular flexibility index (Phi) is 1.53. The monoisotopic (exact) mass is 136 g/mol. The molecule has 54 valence electrons. The van der Waals surface area contributed by atoms with E-state index in [2.05, 4.69) is 10.2 Å². The predicted molar refractivity (Wildman–Crippen MR) is 42.4 cm³/mol. The van der Waals surface area contributed by atoms with Crippen molar-refractivity contribution < 1.29 is 0 Å². The maximum absolute atomic E-state index is 3.96. The van der Waals surface area contributed by atoms with Crippen molar-refractivity contribution in [2.24, 2.45) is 22.0 Å². The van der Waals surface area contributed by atoms with E-state index in [0.717, 1.165) is 11.8 Å². The van der Waals surface area contributed by atoms with Crippen LogP contribution in [0.25, 0.3) is 0 Å². The van der Waals surface area contributed by atoms with Crippen LogP contribution in [0, 0.1) is 11.8 Å². The van der Waals surface area contributed by atoms with E-state index in [4.69, 9.17) is 0 Å². The fourth-order valence-electron chi connectivity index (χ4n) is 0.756. The zero-order valence-corrected chi connectivity index (χ0v) is 6.03. The Morgan fingerprint density at radius 1 is 0.800 bits per heavy atom. The second-order valence-corrected chi connectivity index (χ2v) is 3.20. The molecule has 0 aromatic heterocycles. The van der Waals surface area contributed by atoms with E-state index in [-0.39, 0.29) is 0 Å². The summed E-state index contributed by atoms with van der Waals surface area (Å²) < 4.78 is 0. The zero-order chi connectivity index (χ0) is 6.81. The molecule has 2 fully saturated rings. The Balaban J connectivity index is 1.68. The van der Waals surface area contributed by atoms with Gasteiger partial charge in [-0.1, -0.05) is 0 Å². The van der Waals surface area contributed by atoms with Crippen molar-refractivity contribution in [2.45, 2.75) is 25.7 Å². The molecule has 2 rings (SSSR count). The molecule has 0 spiro atoms. The second-order valence-electron chi connectivity index (χ2n) is 3.20. The minimum Gasteiger partial charge on any atom is -0.164 e. The standard InChI is InChI=1S/C8H12N2/c1-2-7(1)5-9-10-6-8-3-4-8/h5-8H,1-4H2/b9-5+,10-6+. The van der Waals surface area contributed by atoms with Gasteiger partial charge in [-0.2, -0.15) is 10.2 Å². The molecular weight excluding hydrogens is 124 g/mol. The lowest BCUT2D eigenvalue weighted by Crippen LogP contribution is -1.75. The SMILES string of the molecule is C(=N\N=C\C1CC1)/C1CC1. The quantitative estimate of drug-likeness (QED) is 0.418. The number of hydrogen-bond acceptors (Lipinski definition) is 2. The molecule has 0 radical (unpaired) electrons. The van der Waals surface area contributed by atoms with Crippen LogP contribution >= 0.6 is 0 Å². The van der Waals surface area contributed by atoms with Crippen LogP contribution in [0.15, 0.2) is 10.2 Å².